The lowest BCUT2D eigenvalue weighted by Gasteiger charge is -2.28. The molecule has 9 heteroatoms. The number of nitrogens with one attached hydrogen (secondary N) is 1. The van der Waals surface area contributed by atoms with E-state index in [9.17, 15) is 19.2 Å². The summed E-state index contributed by atoms with van der Waals surface area (Å²) in [6.45, 7) is 3.64. The average Bonchev–Trinajstić information content (AvgIpc) is 2.84. The zero-order chi connectivity index (χ0) is 25.8. The molecule has 188 valence electrons. The van der Waals surface area contributed by atoms with Crippen molar-refractivity contribution in [2.75, 3.05) is 38.6 Å². The van der Waals surface area contributed by atoms with Gasteiger partial charge in [-0.1, -0.05) is 44.2 Å². The Balaban J connectivity index is 2.20. The highest BCUT2D eigenvalue weighted by atomic mass is 16.5. The normalized spacial score (nSPS) is 10.5. The first-order valence-electron chi connectivity index (χ1n) is 11.5. The molecule has 0 aliphatic heterocycles. The summed E-state index contributed by atoms with van der Waals surface area (Å²) >= 11 is 0. The van der Waals surface area contributed by atoms with Gasteiger partial charge in [0.1, 0.15) is 12.3 Å². The number of aliphatic carboxylic acids is 1. The third-order valence-electron chi connectivity index (χ3n) is 5.27. The molecule has 0 aliphatic carbocycles. The largest absolute Gasteiger partial charge is 0.496 e. The fourth-order valence-corrected chi connectivity index (χ4v) is 3.34. The average molecular weight is 484 g/mol. The van der Waals surface area contributed by atoms with E-state index in [4.69, 9.17) is 9.84 Å². The molecule has 0 heterocycles. The monoisotopic (exact) mass is 483 g/mol. The minimum atomic E-state index is -1.09. The van der Waals surface area contributed by atoms with Crippen molar-refractivity contribution in [1.82, 2.24) is 9.80 Å². The number of benzene rings is 2. The summed E-state index contributed by atoms with van der Waals surface area (Å²) in [5.41, 5.74) is 0.840. The third-order valence-corrected chi connectivity index (χ3v) is 5.27. The maximum atomic E-state index is 13.3. The van der Waals surface area contributed by atoms with E-state index in [1.165, 1.54) is 16.9 Å². The van der Waals surface area contributed by atoms with Crippen molar-refractivity contribution >= 4 is 29.4 Å². The minimum absolute atomic E-state index is 0.161. The number of anilines is 1. The number of methoxy groups -OCH3 is 1. The Labute approximate surface area is 205 Å². The van der Waals surface area contributed by atoms with Gasteiger partial charge in [-0.2, -0.15) is 0 Å². The van der Waals surface area contributed by atoms with Crippen molar-refractivity contribution in [3.8, 4) is 5.75 Å². The van der Waals surface area contributed by atoms with Gasteiger partial charge in [0.15, 0.2) is 0 Å². The molecule has 0 radical (unpaired) electrons. The minimum Gasteiger partial charge on any atom is -0.496 e. The number of hydrogen-bond acceptors (Lipinski definition) is 5. The summed E-state index contributed by atoms with van der Waals surface area (Å²) in [6, 6.07) is 15.5. The number of para-hydroxylation sites is 2. The van der Waals surface area contributed by atoms with E-state index in [0.717, 1.165) is 0 Å². The Kier molecular flexibility index (Phi) is 10.7. The second-order valence-electron chi connectivity index (χ2n) is 8.48. The van der Waals surface area contributed by atoms with Gasteiger partial charge in [0.05, 0.1) is 25.6 Å². The van der Waals surface area contributed by atoms with Crippen molar-refractivity contribution in [2.24, 2.45) is 5.92 Å². The first kappa shape index (κ1) is 27.4. The fourth-order valence-electron chi connectivity index (χ4n) is 3.34. The van der Waals surface area contributed by atoms with E-state index in [2.05, 4.69) is 5.32 Å². The molecule has 2 aromatic rings. The summed E-state index contributed by atoms with van der Waals surface area (Å²) in [5, 5.41) is 11.9. The fraction of sp³-hybridized carbons (Fsp3) is 0.385. The molecular formula is C26H33N3O6. The number of amides is 3. The quantitative estimate of drug-likeness (QED) is 0.452. The van der Waals surface area contributed by atoms with Crippen LogP contribution in [-0.2, 0) is 14.4 Å². The first-order chi connectivity index (χ1) is 16.7. The van der Waals surface area contributed by atoms with Crippen LogP contribution in [0.3, 0.4) is 0 Å². The van der Waals surface area contributed by atoms with Crippen molar-refractivity contribution in [3.05, 3.63) is 60.2 Å². The van der Waals surface area contributed by atoms with Gasteiger partial charge in [0.25, 0.3) is 5.91 Å². The van der Waals surface area contributed by atoms with E-state index in [-0.39, 0.29) is 37.5 Å². The molecule has 0 saturated carbocycles. The molecule has 0 fully saturated rings. The molecule has 0 aromatic heterocycles. The van der Waals surface area contributed by atoms with Crippen LogP contribution in [0, 0.1) is 5.92 Å². The van der Waals surface area contributed by atoms with Gasteiger partial charge in [0.2, 0.25) is 11.8 Å². The highest BCUT2D eigenvalue weighted by molar-refractivity contribution is 6.00. The number of rotatable bonds is 13. The molecule has 2 aromatic carbocycles. The van der Waals surface area contributed by atoms with Crippen LogP contribution < -0.4 is 10.1 Å². The van der Waals surface area contributed by atoms with E-state index >= 15 is 0 Å². The molecule has 0 saturated heterocycles. The zero-order valence-corrected chi connectivity index (χ0v) is 20.4. The van der Waals surface area contributed by atoms with Gasteiger partial charge in [-0.3, -0.25) is 19.2 Å². The van der Waals surface area contributed by atoms with Crippen LogP contribution in [0.25, 0.3) is 0 Å². The number of carbonyl (C=O) groups is 4. The van der Waals surface area contributed by atoms with Crippen molar-refractivity contribution in [1.29, 1.82) is 0 Å². The second kappa shape index (κ2) is 13.7. The highest BCUT2D eigenvalue weighted by Gasteiger charge is 2.26. The molecule has 0 unspecified atom stereocenters. The van der Waals surface area contributed by atoms with Crippen LogP contribution in [0.4, 0.5) is 5.69 Å². The van der Waals surface area contributed by atoms with Crippen molar-refractivity contribution < 1.29 is 29.0 Å². The standard InChI is InChI=1S/C26H33N3O6/c1-19(2)13-15-28(17-23(30)27-20-9-5-4-6-10-20)24(31)18-29(16-14-25(32)33)26(34)21-11-7-8-12-22(21)35-3/h4-12,19H,13-18H2,1-3H3,(H,27,30)(H,32,33). The lowest BCUT2D eigenvalue weighted by molar-refractivity contribution is -0.138. The molecule has 0 bridgehead atoms. The Bertz CT molecular complexity index is 1010. The zero-order valence-electron chi connectivity index (χ0n) is 20.4. The van der Waals surface area contributed by atoms with Crippen LogP contribution in [0.5, 0.6) is 5.75 Å². The Morgan fingerprint density at radius 2 is 1.57 bits per heavy atom. The summed E-state index contributed by atoms with van der Waals surface area (Å²) in [7, 11) is 1.43. The summed E-state index contributed by atoms with van der Waals surface area (Å²) < 4.78 is 5.26. The van der Waals surface area contributed by atoms with Gasteiger partial charge in [-0.05, 0) is 36.6 Å². The van der Waals surface area contributed by atoms with Gasteiger partial charge < -0.3 is 25.0 Å². The lowest BCUT2D eigenvalue weighted by atomic mass is 10.1. The topological polar surface area (TPSA) is 116 Å². The molecule has 0 aliphatic rings. The molecule has 2 rings (SSSR count). The molecule has 0 atom stereocenters. The Hall–Kier alpha value is -3.88. The van der Waals surface area contributed by atoms with Gasteiger partial charge in [-0.15, -0.1) is 0 Å². The highest BCUT2D eigenvalue weighted by Crippen LogP contribution is 2.20. The molecule has 2 N–H and O–H groups in total. The van der Waals surface area contributed by atoms with Crippen LogP contribution >= 0.6 is 0 Å². The number of carboxylic acid groups (broad SMARTS) is 1. The van der Waals surface area contributed by atoms with E-state index in [1.54, 1.807) is 48.5 Å². The van der Waals surface area contributed by atoms with Crippen LogP contribution in [0.2, 0.25) is 0 Å². The van der Waals surface area contributed by atoms with Gasteiger partial charge in [-0.25, -0.2) is 0 Å². The summed E-state index contributed by atoms with van der Waals surface area (Å²) in [4.78, 5) is 52.9. The number of hydrogen-bond donors (Lipinski definition) is 2. The lowest BCUT2D eigenvalue weighted by Crippen LogP contribution is -2.46. The molecule has 9 nitrogen and oxygen atoms in total. The Morgan fingerprint density at radius 3 is 2.20 bits per heavy atom. The number of nitrogens with zero attached hydrogens (tertiary/aromatic N) is 2. The van der Waals surface area contributed by atoms with Crippen LogP contribution in [-0.4, -0.2) is 71.9 Å². The molecular weight excluding hydrogens is 450 g/mol. The van der Waals surface area contributed by atoms with E-state index in [0.29, 0.717) is 30.3 Å². The second-order valence-corrected chi connectivity index (χ2v) is 8.48. The number of carbonyl (C=O) groups excluding carboxylic acids is 3. The molecule has 3 amide bonds. The Morgan fingerprint density at radius 1 is 0.914 bits per heavy atom. The van der Waals surface area contributed by atoms with Crippen LogP contribution in [0.15, 0.2) is 54.6 Å². The van der Waals surface area contributed by atoms with Gasteiger partial charge in [0, 0.05) is 18.8 Å². The summed E-state index contributed by atoms with van der Waals surface area (Å²) in [6.07, 6.45) is 0.342. The predicted octanol–water partition coefficient (Wildman–Crippen LogP) is 3.13. The van der Waals surface area contributed by atoms with Crippen molar-refractivity contribution in [2.45, 2.75) is 26.7 Å². The molecule has 0 spiro atoms. The molecule has 35 heavy (non-hydrogen) atoms. The maximum absolute atomic E-state index is 13.3. The summed E-state index contributed by atoms with van der Waals surface area (Å²) in [5.74, 6) is -1.79. The van der Waals surface area contributed by atoms with Gasteiger partial charge >= 0.3 is 5.97 Å². The third kappa shape index (κ3) is 9.11. The number of ether oxygens (including phenoxy) is 1. The predicted molar refractivity (Wildman–Crippen MR) is 132 cm³/mol. The number of carboxylic acids is 1. The smallest absolute Gasteiger partial charge is 0.305 e. The van der Waals surface area contributed by atoms with Crippen molar-refractivity contribution in [3.63, 3.8) is 0 Å². The maximum Gasteiger partial charge on any atom is 0.305 e. The van der Waals surface area contributed by atoms with Crippen LogP contribution in [0.1, 0.15) is 37.0 Å². The first-order valence-corrected chi connectivity index (χ1v) is 11.5. The van der Waals surface area contributed by atoms with E-state index in [1.807, 2.05) is 19.9 Å². The van der Waals surface area contributed by atoms with E-state index < -0.39 is 17.8 Å². The SMILES string of the molecule is COc1ccccc1C(=O)N(CCC(=O)O)CC(=O)N(CCC(C)C)CC(=O)Nc1ccccc1.